The second-order valence-corrected chi connectivity index (χ2v) is 6.04. The van der Waals surface area contributed by atoms with E-state index in [2.05, 4.69) is 0 Å². The van der Waals surface area contributed by atoms with Crippen LogP contribution in [0.2, 0.25) is 0 Å². The first kappa shape index (κ1) is 13.5. The molecular formula is C13H24O3. The van der Waals surface area contributed by atoms with Gasteiger partial charge < -0.3 is 9.84 Å². The molecular weight excluding hydrogens is 204 g/mol. The molecule has 3 heteroatoms. The zero-order valence-electron chi connectivity index (χ0n) is 11.0. The highest BCUT2D eigenvalue weighted by Crippen LogP contribution is 2.48. The Bertz CT molecular complexity index is 270. The molecule has 16 heavy (non-hydrogen) atoms. The van der Waals surface area contributed by atoms with Gasteiger partial charge in [0.25, 0.3) is 0 Å². The number of ether oxygens (including phenoxy) is 1. The van der Waals surface area contributed by atoms with E-state index < -0.39 is 5.60 Å². The highest BCUT2D eigenvalue weighted by molar-refractivity contribution is 5.73. The van der Waals surface area contributed by atoms with Crippen LogP contribution in [-0.4, -0.2) is 23.8 Å². The molecule has 0 bridgehead atoms. The summed E-state index contributed by atoms with van der Waals surface area (Å²) in [6, 6.07) is 0. The van der Waals surface area contributed by atoms with E-state index in [1.54, 1.807) is 0 Å². The van der Waals surface area contributed by atoms with Crippen LogP contribution in [0.1, 0.15) is 47.0 Å². The lowest BCUT2D eigenvalue weighted by Crippen LogP contribution is -2.49. The minimum Gasteiger partial charge on any atom is -0.469 e. The van der Waals surface area contributed by atoms with Crippen molar-refractivity contribution in [3.05, 3.63) is 0 Å². The average molecular weight is 228 g/mol. The molecule has 0 unspecified atom stereocenters. The monoisotopic (exact) mass is 228 g/mol. The molecule has 0 aromatic rings. The van der Waals surface area contributed by atoms with Crippen molar-refractivity contribution in [3.8, 4) is 0 Å². The summed E-state index contributed by atoms with van der Waals surface area (Å²) in [4.78, 5) is 11.7. The van der Waals surface area contributed by atoms with E-state index in [0.29, 0.717) is 19.3 Å². The Kier molecular flexibility index (Phi) is 3.68. The molecule has 0 aromatic carbocycles. The van der Waals surface area contributed by atoms with E-state index in [1.165, 1.54) is 7.11 Å². The summed E-state index contributed by atoms with van der Waals surface area (Å²) in [6.45, 7) is 8.16. The minimum atomic E-state index is -0.631. The summed E-state index contributed by atoms with van der Waals surface area (Å²) in [5.74, 6) is -0.00213. The van der Waals surface area contributed by atoms with Gasteiger partial charge in [-0.25, -0.2) is 0 Å². The summed E-state index contributed by atoms with van der Waals surface area (Å²) >= 11 is 0. The fraction of sp³-hybridized carbons (Fsp3) is 0.923. The fourth-order valence-corrected chi connectivity index (χ4v) is 2.86. The van der Waals surface area contributed by atoms with Crippen molar-refractivity contribution in [1.82, 2.24) is 0 Å². The van der Waals surface area contributed by atoms with Gasteiger partial charge in [-0.15, -0.1) is 0 Å². The second kappa shape index (κ2) is 4.36. The Hall–Kier alpha value is -0.570. The standard InChI is InChI=1S/C13H24O3/c1-9(2)13(15)7-6-10(11(14)16-5)12(3,4)8-13/h9-10,15H,6-8H2,1-5H3/t10-,13-/m1/s1. The zero-order valence-corrected chi connectivity index (χ0v) is 11.0. The van der Waals surface area contributed by atoms with Gasteiger partial charge >= 0.3 is 5.97 Å². The Morgan fingerprint density at radius 1 is 1.44 bits per heavy atom. The molecule has 0 aromatic heterocycles. The van der Waals surface area contributed by atoms with Gasteiger partial charge in [-0.1, -0.05) is 27.7 Å². The van der Waals surface area contributed by atoms with E-state index in [-0.39, 0.29) is 23.2 Å². The van der Waals surface area contributed by atoms with Crippen molar-refractivity contribution < 1.29 is 14.6 Å². The number of carbonyl (C=O) groups excluding carboxylic acids is 1. The first-order valence-electron chi connectivity index (χ1n) is 6.03. The lowest BCUT2D eigenvalue weighted by Gasteiger charge is -2.47. The first-order chi connectivity index (χ1) is 7.23. The summed E-state index contributed by atoms with van der Waals surface area (Å²) in [6.07, 6.45) is 2.07. The Morgan fingerprint density at radius 2 is 2.00 bits per heavy atom. The van der Waals surface area contributed by atoms with Gasteiger partial charge in [-0.05, 0) is 30.6 Å². The van der Waals surface area contributed by atoms with E-state index in [9.17, 15) is 9.90 Å². The summed E-state index contributed by atoms with van der Waals surface area (Å²) in [5.41, 5.74) is -0.821. The highest BCUT2D eigenvalue weighted by Gasteiger charge is 2.48. The SMILES string of the molecule is COC(=O)[C@H]1CC[C@](O)(C(C)C)CC1(C)C. The summed E-state index contributed by atoms with van der Waals surface area (Å²) in [7, 11) is 1.43. The summed E-state index contributed by atoms with van der Waals surface area (Å²) in [5, 5.41) is 10.5. The van der Waals surface area contributed by atoms with Crippen LogP contribution < -0.4 is 0 Å². The molecule has 0 aliphatic heterocycles. The molecule has 1 N–H and O–H groups in total. The van der Waals surface area contributed by atoms with Gasteiger partial charge in [-0.3, -0.25) is 4.79 Å². The number of carbonyl (C=O) groups is 1. The quantitative estimate of drug-likeness (QED) is 0.738. The maximum Gasteiger partial charge on any atom is 0.309 e. The van der Waals surface area contributed by atoms with Crippen molar-refractivity contribution >= 4 is 5.97 Å². The van der Waals surface area contributed by atoms with Gasteiger partial charge in [0.1, 0.15) is 0 Å². The number of hydrogen-bond donors (Lipinski definition) is 1. The van der Waals surface area contributed by atoms with Crippen molar-refractivity contribution in [2.24, 2.45) is 17.3 Å². The Morgan fingerprint density at radius 3 is 2.38 bits per heavy atom. The molecule has 0 heterocycles. The second-order valence-electron chi connectivity index (χ2n) is 6.04. The third-order valence-corrected chi connectivity index (χ3v) is 4.13. The van der Waals surface area contributed by atoms with Crippen LogP contribution in [0.4, 0.5) is 0 Å². The number of methoxy groups -OCH3 is 1. The maximum absolute atomic E-state index is 11.7. The molecule has 2 atom stereocenters. The molecule has 94 valence electrons. The summed E-state index contributed by atoms with van der Waals surface area (Å²) < 4.78 is 4.83. The predicted octanol–water partition coefficient (Wildman–Crippen LogP) is 2.37. The zero-order chi connectivity index (χ0) is 12.6. The van der Waals surface area contributed by atoms with Gasteiger partial charge in [-0.2, -0.15) is 0 Å². The van der Waals surface area contributed by atoms with E-state index >= 15 is 0 Å². The van der Waals surface area contributed by atoms with Crippen molar-refractivity contribution in [1.29, 1.82) is 0 Å². The van der Waals surface area contributed by atoms with Gasteiger partial charge in [0.05, 0.1) is 18.6 Å². The molecule has 1 rings (SSSR count). The number of esters is 1. The smallest absolute Gasteiger partial charge is 0.309 e. The fourth-order valence-electron chi connectivity index (χ4n) is 2.86. The van der Waals surface area contributed by atoms with Crippen LogP contribution in [0.3, 0.4) is 0 Å². The van der Waals surface area contributed by atoms with Gasteiger partial charge in [0.15, 0.2) is 0 Å². The molecule has 0 saturated heterocycles. The molecule has 0 radical (unpaired) electrons. The van der Waals surface area contributed by atoms with Crippen LogP contribution in [-0.2, 0) is 9.53 Å². The molecule has 0 amide bonds. The molecule has 1 saturated carbocycles. The topological polar surface area (TPSA) is 46.5 Å². The molecule has 1 aliphatic carbocycles. The third kappa shape index (κ3) is 2.40. The van der Waals surface area contributed by atoms with Crippen molar-refractivity contribution in [2.45, 2.75) is 52.6 Å². The first-order valence-corrected chi connectivity index (χ1v) is 6.03. The lowest BCUT2D eigenvalue weighted by atomic mass is 9.61. The van der Waals surface area contributed by atoms with Crippen LogP contribution in [0, 0.1) is 17.3 Å². The van der Waals surface area contributed by atoms with Crippen molar-refractivity contribution in [2.75, 3.05) is 7.11 Å². The van der Waals surface area contributed by atoms with Crippen molar-refractivity contribution in [3.63, 3.8) is 0 Å². The molecule has 1 aliphatic rings. The van der Waals surface area contributed by atoms with Gasteiger partial charge in [0, 0.05) is 0 Å². The Labute approximate surface area is 98.2 Å². The van der Waals surface area contributed by atoms with E-state index in [4.69, 9.17) is 4.74 Å². The Balaban J connectivity index is 2.84. The van der Waals surface area contributed by atoms with E-state index in [0.717, 1.165) is 0 Å². The van der Waals surface area contributed by atoms with Crippen LogP contribution >= 0.6 is 0 Å². The average Bonchev–Trinajstić information content (AvgIpc) is 2.15. The molecule has 0 spiro atoms. The minimum absolute atomic E-state index is 0.0866. The predicted molar refractivity (Wildman–Crippen MR) is 62.9 cm³/mol. The number of aliphatic hydroxyl groups is 1. The number of hydrogen-bond acceptors (Lipinski definition) is 3. The maximum atomic E-state index is 11.7. The molecule has 3 nitrogen and oxygen atoms in total. The largest absolute Gasteiger partial charge is 0.469 e. The third-order valence-electron chi connectivity index (χ3n) is 4.13. The number of rotatable bonds is 2. The van der Waals surface area contributed by atoms with Gasteiger partial charge in [0.2, 0.25) is 0 Å². The van der Waals surface area contributed by atoms with E-state index in [1.807, 2.05) is 27.7 Å². The molecule has 1 fully saturated rings. The van der Waals surface area contributed by atoms with Crippen LogP contribution in [0.25, 0.3) is 0 Å². The lowest BCUT2D eigenvalue weighted by molar-refractivity contribution is -0.159. The highest BCUT2D eigenvalue weighted by atomic mass is 16.5. The van der Waals surface area contributed by atoms with Crippen LogP contribution in [0.5, 0.6) is 0 Å². The van der Waals surface area contributed by atoms with Crippen LogP contribution in [0.15, 0.2) is 0 Å². The normalized spacial score (nSPS) is 33.8.